The second-order valence-electron chi connectivity index (χ2n) is 6.01. The van der Waals surface area contributed by atoms with Gasteiger partial charge in [0.15, 0.2) is 5.82 Å². The minimum Gasteiger partial charge on any atom is -0.508 e. The first-order valence-electron chi connectivity index (χ1n) is 7.89. The summed E-state index contributed by atoms with van der Waals surface area (Å²) in [5.74, 6) is 2.84. The van der Waals surface area contributed by atoms with E-state index in [0.29, 0.717) is 11.8 Å². The topological polar surface area (TPSA) is 59.2 Å². The van der Waals surface area contributed by atoms with E-state index in [-0.39, 0.29) is 5.75 Å². The predicted molar refractivity (Wildman–Crippen MR) is 81.0 cm³/mol. The van der Waals surface area contributed by atoms with Crippen molar-refractivity contribution in [1.82, 2.24) is 10.1 Å². The van der Waals surface area contributed by atoms with Gasteiger partial charge in [0.25, 0.3) is 5.89 Å². The highest BCUT2D eigenvalue weighted by Gasteiger charge is 2.25. The first-order chi connectivity index (χ1) is 10.3. The smallest absolute Gasteiger partial charge is 0.258 e. The maximum Gasteiger partial charge on any atom is 0.258 e. The Balaban J connectivity index is 1.68. The lowest BCUT2D eigenvalue weighted by Gasteiger charge is -2.26. The highest BCUT2D eigenvalue weighted by Crippen LogP contribution is 2.37. The van der Waals surface area contributed by atoms with Gasteiger partial charge in [-0.2, -0.15) is 4.98 Å². The molecule has 4 heteroatoms. The predicted octanol–water partition coefficient (Wildman–Crippen LogP) is 4.52. The SMILES string of the molecule is CCCC1CCC(c2noc(-c3cccc(O)c3)n2)CC1. The first kappa shape index (κ1) is 14.1. The molecule has 1 N–H and O–H groups in total. The molecular weight excluding hydrogens is 264 g/mol. The van der Waals surface area contributed by atoms with Gasteiger partial charge in [0.05, 0.1) is 0 Å². The fraction of sp³-hybridized carbons (Fsp3) is 0.529. The van der Waals surface area contributed by atoms with Crippen LogP contribution in [0.2, 0.25) is 0 Å². The number of benzene rings is 1. The van der Waals surface area contributed by atoms with Crippen molar-refractivity contribution in [3.63, 3.8) is 0 Å². The first-order valence-corrected chi connectivity index (χ1v) is 7.89. The van der Waals surface area contributed by atoms with Crippen molar-refractivity contribution in [2.24, 2.45) is 5.92 Å². The van der Waals surface area contributed by atoms with Gasteiger partial charge >= 0.3 is 0 Å². The van der Waals surface area contributed by atoms with Gasteiger partial charge in [-0.25, -0.2) is 0 Å². The van der Waals surface area contributed by atoms with Gasteiger partial charge in [-0.3, -0.25) is 0 Å². The Morgan fingerprint density at radius 2 is 2.05 bits per heavy atom. The molecule has 1 aromatic heterocycles. The summed E-state index contributed by atoms with van der Waals surface area (Å²) in [6.45, 7) is 2.26. The zero-order chi connectivity index (χ0) is 14.7. The molecule has 3 rings (SSSR count). The second-order valence-corrected chi connectivity index (χ2v) is 6.01. The Bertz CT molecular complexity index is 586. The number of aromatic nitrogens is 2. The van der Waals surface area contributed by atoms with E-state index in [4.69, 9.17) is 4.52 Å². The summed E-state index contributed by atoms with van der Waals surface area (Å²) in [6, 6.07) is 6.94. The number of nitrogens with zero attached hydrogens (tertiary/aromatic N) is 2. The van der Waals surface area contributed by atoms with Crippen LogP contribution in [0.3, 0.4) is 0 Å². The van der Waals surface area contributed by atoms with Crippen LogP contribution < -0.4 is 0 Å². The molecule has 1 aliphatic carbocycles. The fourth-order valence-corrected chi connectivity index (χ4v) is 3.27. The summed E-state index contributed by atoms with van der Waals surface area (Å²) >= 11 is 0. The minimum absolute atomic E-state index is 0.215. The van der Waals surface area contributed by atoms with Gasteiger partial charge in [-0.15, -0.1) is 0 Å². The Morgan fingerprint density at radius 1 is 1.24 bits per heavy atom. The average molecular weight is 286 g/mol. The van der Waals surface area contributed by atoms with Crippen LogP contribution in [0.15, 0.2) is 28.8 Å². The van der Waals surface area contributed by atoms with E-state index in [1.54, 1.807) is 18.2 Å². The molecule has 1 fully saturated rings. The summed E-state index contributed by atoms with van der Waals surface area (Å²) in [6.07, 6.45) is 7.48. The van der Waals surface area contributed by atoms with E-state index in [0.717, 1.165) is 30.1 Å². The summed E-state index contributed by atoms with van der Waals surface area (Å²) in [4.78, 5) is 4.53. The van der Waals surface area contributed by atoms with Gasteiger partial charge in [-0.05, 0) is 49.8 Å². The summed E-state index contributed by atoms with van der Waals surface area (Å²) in [5.41, 5.74) is 0.772. The van der Waals surface area contributed by atoms with Crippen LogP contribution >= 0.6 is 0 Å². The molecule has 1 aromatic carbocycles. The number of rotatable bonds is 4. The largest absolute Gasteiger partial charge is 0.508 e. The third-order valence-electron chi connectivity index (χ3n) is 4.44. The molecule has 1 aliphatic rings. The molecule has 0 amide bonds. The zero-order valence-electron chi connectivity index (χ0n) is 12.5. The Morgan fingerprint density at radius 3 is 2.76 bits per heavy atom. The second kappa shape index (κ2) is 6.29. The lowest BCUT2D eigenvalue weighted by atomic mass is 9.80. The highest BCUT2D eigenvalue weighted by molar-refractivity contribution is 5.55. The monoisotopic (exact) mass is 286 g/mol. The van der Waals surface area contributed by atoms with Crippen molar-refractivity contribution < 1.29 is 9.63 Å². The van der Waals surface area contributed by atoms with Crippen LogP contribution in [0.1, 0.15) is 57.2 Å². The summed E-state index contributed by atoms with van der Waals surface area (Å²) in [5, 5.41) is 13.7. The number of hydrogen-bond acceptors (Lipinski definition) is 4. The van der Waals surface area contributed by atoms with Gasteiger partial charge in [-0.1, -0.05) is 31.0 Å². The van der Waals surface area contributed by atoms with E-state index in [1.807, 2.05) is 6.07 Å². The average Bonchev–Trinajstić information content (AvgIpc) is 2.98. The standard InChI is InChI=1S/C17H22N2O2/c1-2-4-12-7-9-13(10-8-12)16-18-17(21-19-16)14-5-3-6-15(20)11-14/h3,5-6,11-13,20H,2,4,7-10H2,1H3. The molecule has 0 aliphatic heterocycles. The van der Waals surface area contributed by atoms with Crippen molar-refractivity contribution in [3.05, 3.63) is 30.1 Å². The van der Waals surface area contributed by atoms with Crippen LogP contribution in [-0.4, -0.2) is 15.2 Å². The van der Waals surface area contributed by atoms with Gasteiger partial charge in [0.1, 0.15) is 5.75 Å². The van der Waals surface area contributed by atoms with Gasteiger partial charge in [0.2, 0.25) is 0 Å². The van der Waals surface area contributed by atoms with E-state index in [2.05, 4.69) is 17.1 Å². The van der Waals surface area contributed by atoms with Crippen LogP contribution in [0.4, 0.5) is 0 Å². The molecule has 0 radical (unpaired) electrons. The molecule has 0 spiro atoms. The van der Waals surface area contributed by atoms with Gasteiger partial charge in [0, 0.05) is 11.5 Å². The van der Waals surface area contributed by atoms with Crippen LogP contribution in [-0.2, 0) is 0 Å². The van der Waals surface area contributed by atoms with Gasteiger partial charge < -0.3 is 9.63 Å². The lowest BCUT2D eigenvalue weighted by Crippen LogP contribution is -2.14. The molecule has 21 heavy (non-hydrogen) atoms. The minimum atomic E-state index is 0.215. The quantitative estimate of drug-likeness (QED) is 0.898. The fourth-order valence-electron chi connectivity index (χ4n) is 3.27. The van der Waals surface area contributed by atoms with Crippen LogP contribution in [0.25, 0.3) is 11.5 Å². The van der Waals surface area contributed by atoms with Crippen molar-refractivity contribution in [2.75, 3.05) is 0 Å². The molecule has 0 bridgehead atoms. The summed E-state index contributed by atoms with van der Waals surface area (Å²) in [7, 11) is 0. The Kier molecular flexibility index (Phi) is 4.23. The number of aromatic hydroxyl groups is 1. The molecule has 4 nitrogen and oxygen atoms in total. The van der Waals surface area contributed by atoms with Crippen molar-refractivity contribution in [1.29, 1.82) is 0 Å². The van der Waals surface area contributed by atoms with E-state index in [9.17, 15) is 5.11 Å². The molecule has 1 saturated carbocycles. The normalized spacial score (nSPS) is 22.3. The maximum absolute atomic E-state index is 9.52. The number of phenols is 1. The zero-order valence-corrected chi connectivity index (χ0v) is 12.5. The Labute approximate surface area is 125 Å². The molecule has 0 unspecified atom stereocenters. The van der Waals surface area contributed by atoms with Crippen molar-refractivity contribution in [2.45, 2.75) is 51.4 Å². The van der Waals surface area contributed by atoms with E-state index in [1.165, 1.54) is 25.7 Å². The molecular formula is C17H22N2O2. The Hall–Kier alpha value is -1.84. The molecule has 0 saturated heterocycles. The van der Waals surface area contributed by atoms with E-state index >= 15 is 0 Å². The molecule has 1 heterocycles. The summed E-state index contributed by atoms with van der Waals surface area (Å²) < 4.78 is 5.36. The van der Waals surface area contributed by atoms with Crippen molar-refractivity contribution in [3.8, 4) is 17.2 Å². The van der Waals surface area contributed by atoms with Crippen LogP contribution in [0, 0.1) is 5.92 Å². The van der Waals surface area contributed by atoms with Crippen LogP contribution in [0.5, 0.6) is 5.75 Å². The molecule has 0 atom stereocenters. The number of phenolic OH excluding ortho intramolecular Hbond substituents is 1. The van der Waals surface area contributed by atoms with Crippen molar-refractivity contribution >= 4 is 0 Å². The molecule has 112 valence electrons. The molecule has 2 aromatic rings. The van der Waals surface area contributed by atoms with E-state index < -0.39 is 0 Å². The lowest BCUT2D eigenvalue weighted by molar-refractivity contribution is 0.296. The maximum atomic E-state index is 9.52. The highest BCUT2D eigenvalue weighted by atomic mass is 16.5. The third-order valence-corrected chi connectivity index (χ3v) is 4.44. The number of hydrogen-bond donors (Lipinski definition) is 1. The third kappa shape index (κ3) is 3.26.